The van der Waals surface area contributed by atoms with Crippen LogP contribution in [0.3, 0.4) is 0 Å². The van der Waals surface area contributed by atoms with E-state index in [4.69, 9.17) is 4.74 Å². The van der Waals surface area contributed by atoms with Gasteiger partial charge in [0.25, 0.3) is 5.91 Å². The molecule has 0 unspecified atom stereocenters. The number of anilines is 2. The smallest absolute Gasteiger partial charge is 0.255 e. The van der Waals surface area contributed by atoms with E-state index < -0.39 is 0 Å². The van der Waals surface area contributed by atoms with Crippen molar-refractivity contribution >= 4 is 29.1 Å². The first-order chi connectivity index (χ1) is 19.3. The van der Waals surface area contributed by atoms with Crippen LogP contribution < -0.4 is 15.0 Å². The maximum atomic E-state index is 13.5. The number of hydrogen-bond acceptors (Lipinski definition) is 4. The van der Waals surface area contributed by atoms with E-state index in [-0.39, 0.29) is 41.4 Å². The number of imide groups is 1. The highest BCUT2D eigenvalue weighted by Gasteiger charge is 2.67. The molecular weight excluding hydrogens is 500 g/mol. The van der Waals surface area contributed by atoms with Crippen molar-refractivity contribution in [3.63, 3.8) is 0 Å². The summed E-state index contributed by atoms with van der Waals surface area (Å²) in [4.78, 5) is 41.4. The number of amides is 3. The molecular formula is C34H32N2O4. The molecule has 3 aromatic carbocycles. The van der Waals surface area contributed by atoms with Crippen molar-refractivity contribution in [3.8, 4) is 11.5 Å². The van der Waals surface area contributed by atoms with Crippen LogP contribution in [0.1, 0.15) is 47.7 Å². The summed E-state index contributed by atoms with van der Waals surface area (Å²) < 4.78 is 6.17. The third kappa shape index (κ3) is 3.96. The Bertz CT molecular complexity index is 1540. The van der Waals surface area contributed by atoms with Gasteiger partial charge < -0.3 is 10.1 Å². The molecule has 202 valence electrons. The van der Waals surface area contributed by atoms with Gasteiger partial charge in [0.05, 0.1) is 17.5 Å². The molecule has 40 heavy (non-hydrogen) atoms. The summed E-state index contributed by atoms with van der Waals surface area (Å²) in [5.74, 6) is 2.20. The molecule has 6 atom stereocenters. The topological polar surface area (TPSA) is 75.7 Å². The predicted octanol–water partition coefficient (Wildman–Crippen LogP) is 6.72. The zero-order valence-electron chi connectivity index (χ0n) is 22.8. The molecule has 1 N–H and O–H groups in total. The highest BCUT2D eigenvalue weighted by atomic mass is 16.5. The van der Waals surface area contributed by atoms with Crippen molar-refractivity contribution in [2.75, 3.05) is 10.2 Å². The molecule has 6 heteroatoms. The van der Waals surface area contributed by atoms with Gasteiger partial charge in [0.15, 0.2) is 0 Å². The Labute approximate surface area is 234 Å². The number of rotatable bonds is 6. The summed E-state index contributed by atoms with van der Waals surface area (Å²) in [7, 11) is 0. The fourth-order valence-electron chi connectivity index (χ4n) is 7.14. The van der Waals surface area contributed by atoms with Gasteiger partial charge in [-0.25, -0.2) is 4.90 Å². The monoisotopic (exact) mass is 532 g/mol. The van der Waals surface area contributed by atoms with Crippen LogP contribution in [0.5, 0.6) is 11.5 Å². The van der Waals surface area contributed by atoms with E-state index in [1.807, 2.05) is 25.1 Å². The normalized spacial score (nSPS) is 27.6. The fourth-order valence-corrected chi connectivity index (χ4v) is 7.14. The Morgan fingerprint density at radius 2 is 1.57 bits per heavy atom. The van der Waals surface area contributed by atoms with E-state index in [1.54, 1.807) is 36.4 Å². The van der Waals surface area contributed by atoms with Gasteiger partial charge in [-0.2, -0.15) is 0 Å². The highest BCUT2D eigenvalue weighted by molar-refractivity contribution is 6.23. The SMILES string of the molecule is Cc1ccc(C(C)C)c(Oc2ccc(NC(=O)c3cccc(N4C(=O)[C@@H]5[C@H]6C=C[C@@H]([C@@H]7C[C@H]67)[C@@H]5C4=O)c3)cc2)c1. The van der Waals surface area contributed by atoms with E-state index >= 15 is 0 Å². The van der Waals surface area contributed by atoms with Gasteiger partial charge in [0, 0.05) is 11.3 Å². The lowest BCUT2D eigenvalue weighted by atomic mass is 9.63. The average Bonchev–Trinajstić information content (AvgIpc) is 3.72. The van der Waals surface area contributed by atoms with E-state index in [0.717, 1.165) is 23.3 Å². The summed E-state index contributed by atoms with van der Waals surface area (Å²) in [5.41, 5.74) is 3.74. The summed E-state index contributed by atoms with van der Waals surface area (Å²) in [6.07, 6.45) is 5.46. The molecule has 3 fully saturated rings. The largest absolute Gasteiger partial charge is 0.457 e. The number of aryl methyl sites for hydroxylation is 1. The van der Waals surface area contributed by atoms with E-state index in [1.165, 1.54) is 4.90 Å². The van der Waals surface area contributed by atoms with Crippen LogP contribution in [0.2, 0.25) is 0 Å². The Morgan fingerprint density at radius 3 is 2.23 bits per heavy atom. The second-order valence-corrected chi connectivity index (χ2v) is 12.0. The molecule has 2 bridgehead atoms. The number of hydrogen-bond donors (Lipinski definition) is 1. The predicted molar refractivity (Wildman–Crippen MR) is 153 cm³/mol. The molecule has 3 aromatic rings. The maximum Gasteiger partial charge on any atom is 0.255 e. The number of nitrogens with zero attached hydrogens (tertiary/aromatic N) is 1. The van der Waals surface area contributed by atoms with Gasteiger partial charge in [-0.05, 0) is 103 Å². The van der Waals surface area contributed by atoms with Crippen molar-refractivity contribution in [2.45, 2.75) is 33.1 Å². The highest BCUT2D eigenvalue weighted by Crippen LogP contribution is 2.65. The summed E-state index contributed by atoms with van der Waals surface area (Å²) >= 11 is 0. The van der Waals surface area contributed by atoms with E-state index in [9.17, 15) is 14.4 Å². The van der Waals surface area contributed by atoms with Crippen molar-refractivity contribution in [1.82, 2.24) is 0 Å². The van der Waals surface area contributed by atoms with Crippen molar-refractivity contribution in [3.05, 3.63) is 95.6 Å². The van der Waals surface area contributed by atoms with Crippen molar-refractivity contribution < 1.29 is 19.1 Å². The Morgan fingerprint density at radius 1 is 0.900 bits per heavy atom. The molecule has 6 nitrogen and oxygen atoms in total. The number of carbonyl (C=O) groups excluding carboxylic acids is 3. The number of ether oxygens (including phenoxy) is 1. The summed E-state index contributed by atoms with van der Waals surface area (Å²) in [6, 6.07) is 20.3. The zero-order valence-corrected chi connectivity index (χ0v) is 22.8. The Hall–Kier alpha value is -4.19. The molecule has 1 heterocycles. The average molecular weight is 533 g/mol. The lowest BCUT2D eigenvalue weighted by molar-refractivity contribution is -0.124. The van der Waals surface area contributed by atoms with Gasteiger partial charge in [-0.15, -0.1) is 0 Å². The summed E-state index contributed by atoms with van der Waals surface area (Å²) in [6.45, 7) is 6.31. The van der Waals surface area contributed by atoms with Crippen LogP contribution in [0.4, 0.5) is 11.4 Å². The number of benzene rings is 3. The third-order valence-corrected chi connectivity index (χ3v) is 9.16. The number of carbonyl (C=O) groups is 3. The standard InChI is InChI=1S/C34H32N2O4/c1-18(2)24-12-7-19(3)15-29(24)40-23-10-8-21(9-11-23)35-32(37)20-5-4-6-22(16-20)36-33(38)30-25-13-14-26(28-17-27(25)28)31(30)34(36)39/h4-16,18,25-28,30-31H,17H2,1-3H3,(H,35,37)/t25-,26-,27-,28+,30-,31+/m0/s1. The molecule has 1 saturated heterocycles. The van der Waals surface area contributed by atoms with E-state index in [2.05, 4.69) is 43.4 Å². The second-order valence-electron chi connectivity index (χ2n) is 12.0. The molecule has 8 rings (SSSR count). The first kappa shape index (κ1) is 24.8. The van der Waals surface area contributed by atoms with Gasteiger partial charge in [-0.1, -0.05) is 44.2 Å². The molecule has 0 spiro atoms. The lowest BCUT2D eigenvalue weighted by Crippen LogP contribution is -2.40. The first-order valence-electron chi connectivity index (χ1n) is 14.2. The Balaban J connectivity index is 1.06. The lowest BCUT2D eigenvalue weighted by Gasteiger charge is -2.37. The van der Waals surface area contributed by atoms with Gasteiger partial charge in [-0.3, -0.25) is 14.4 Å². The van der Waals surface area contributed by atoms with Crippen LogP contribution in [-0.4, -0.2) is 17.7 Å². The molecule has 0 aromatic heterocycles. The first-order valence-corrected chi connectivity index (χ1v) is 14.2. The van der Waals surface area contributed by atoms with Gasteiger partial charge >= 0.3 is 0 Å². The molecule has 4 aliphatic carbocycles. The molecule has 3 amide bonds. The van der Waals surface area contributed by atoms with Crippen molar-refractivity contribution in [1.29, 1.82) is 0 Å². The van der Waals surface area contributed by atoms with Crippen molar-refractivity contribution in [2.24, 2.45) is 35.5 Å². The molecule has 1 aliphatic heterocycles. The van der Waals surface area contributed by atoms with Crippen LogP contribution in [0, 0.1) is 42.4 Å². The van der Waals surface area contributed by atoms with Crippen LogP contribution in [-0.2, 0) is 9.59 Å². The Kier molecular flexibility index (Phi) is 5.70. The van der Waals surface area contributed by atoms with Gasteiger partial charge in [0.1, 0.15) is 11.5 Å². The minimum absolute atomic E-state index is 0.123. The maximum absolute atomic E-state index is 13.5. The van der Waals surface area contributed by atoms with Gasteiger partial charge in [0.2, 0.25) is 11.8 Å². The minimum Gasteiger partial charge on any atom is -0.457 e. The minimum atomic E-state index is -0.309. The molecule has 0 radical (unpaired) electrons. The number of allylic oxidation sites excluding steroid dienone is 2. The van der Waals surface area contributed by atoms with Crippen LogP contribution in [0.25, 0.3) is 0 Å². The van der Waals surface area contributed by atoms with Crippen LogP contribution in [0.15, 0.2) is 78.9 Å². The molecule has 5 aliphatic rings. The van der Waals surface area contributed by atoms with Crippen LogP contribution >= 0.6 is 0 Å². The van der Waals surface area contributed by atoms with E-state index in [0.29, 0.717) is 40.4 Å². The molecule has 2 saturated carbocycles. The zero-order chi connectivity index (χ0) is 27.7. The summed E-state index contributed by atoms with van der Waals surface area (Å²) in [5, 5.41) is 2.92. The fraction of sp³-hybridized carbons (Fsp3) is 0.324. The quantitative estimate of drug-likeness (QED) is 0.282. The second kappa shape index (κ2) is 9.19. The third-order valence-electron chi connectivity index (χ3n) is 9.16. The number of nitrogens with one attached hydrogen (secondary N) is 1.